The van der Waals surface area contributed by atoms with Crippen LogP contribution in [0.5, 0.6) is 5.75 Å². The molecule has 1 atom stereocenters. The molecule has 1 aliphatic heterocycles. The summed E-state index contributed by atoms with van der Waals surface area (Å²) in [5.41, 5.74) is 1.39. The second-order valence-corrected chi connectivity index (χ2v) is 6.16. The van der Waals surface area contributed by atoms with Crippen LogP contribution in [-0.4, -0.2) is 26.1 Å². The molecule has 0 aromatic heterocycles. The Hall–Kier alpha value is -1.07. The van der Waals surface area contributed by atoms with Gasteiger partial charge in [-0.05, 0) is 44.5 Å². The summed E-state index contributed by atoms with van der Waals surface area (Å²) in [7, 11) is 1.61. The highest BCUT2D eigenvalue weighted by atomic mass is 79.9. The molecule has 1 fully saturated rings. The van der Waals surface area contributed by atoms with Gasteiger partial charge in [-0.3, -0.25) is 4.79 Å². The summed E-state index contributed by atoms with van der Waals surface area (Å²) in [4.78, 5) is 12.4. The second-order valence-electron chi connectivity index (χ2n) is 5.24. The van der Waals surface area contributed by atoms with E-state index in [-0.39, 0.29) is 11.3 Å². The van der Waals surface area contributed by atoms with Crippen molar-refractivity contribution in [3.8, 4) is 5.75 Å². The van der Waals surface area contributed by atoms with Gasteiger partial charge in [-0.25, -0.2) is 0 Å². The predicted octanol–water partition coefficient (Wildman–Crippen LogP) is 2.70. The van der Waals surface area contributed by atoms with E-state index < -0.39 is 0 Å². The van der Waals surface area contributed by atoms with Crippen molar-refractivity contribution in [3.05, 3.63) is 22.2 Å². The van der Waals surface area contributed by atoms with Crippen LogP contribution in [0.3, 0.4) is 0 Å². The molecule has 104 valence electrons. The van der Waals surface area contributed by atoms with Crippen molar-refractivity contribution >= 4 is 27.5 Å². The molecule has 2 N–H and O–H groups in total. The summed E-state index contributed by atoms with van der Waals surface area (Å²) in [6.45, 7) is 5.55. The van der Waals surface area contributed by atoms with Crippen LogP contribution in [-0.2, 0) is 4.79 Å². The topological polar surface area (TPSA) is 50.4 Å². The molecule has 0 bridgehead atoms. The Morgan fingerprint density at radius 3 is 2.84 bits per heavy atom. The van der Waals surface area contributed by atoms with Crippen molar-refractivity contribution in [1.82, 2.24) is 5.32 Å². The molecule has 1 unspecified atom stereocenters. The molecular formula is C14H19BrN2O2. The van der Waals surface area contributed by atoms with Crippen molar-refractivity contribution in [3.63, 3.8) is 0 Å². The highest BCUT2D eigenvalue weighted by Gasteiger charge is 2.36. The van der Waals surface area contributed by atoms with E-state index in [0.29, 0.717) is 5.75 Å². The zero-order valence-electron chi connectivity index (χ0n) is 11.5. The smallest absolute Gasteiger partial charge is 0.231 e. The third-order valence-electron chi connectivity index (χ3n) is 3.64. The maximum Gasteiger partial charge on any atom is 0.231 e. The molecule has 1 aromatic rings. The molecule has 1 aliphatic rings. The van der Waals surface area contributed by atoms with Gasteiger partial charge in [0, 0.05) is 11.0 Å². The Balaban J connectivity index is 2.26. The first-order valence-corrected chi connectivity index (χ1v) is 7.12. The average Bonchev–Trinajstić information content (AvgIpc) is 2.80. The minimum atomic E-state index is -0.343. The third-order valence-corrected chi connectivity index (χ3v) is 4.10. The van der Waals surface area contributed by atoms with E-state index in [1.807, 2.05) is 26.0 Å². The monoisotopic (exact) mass is 326 g/mol. The second kappa shape index (κ2) is 5.51. The zero-order valence-corrected chi connectivity index (χ0v) is 13.1. The maximum atomic E-state index is 12.4. The normalized spacial score (nSPS) is 22.3. The number of benzene rings is 1. The number of halogens is 1. The molecule has 0 aliphatic carbocycles. The van der Waals surface area contributed by atoms with E-state index in [4.69, 9.17) is 4.74 Å². The Morgan fingerprint density at radius 1 is 1.53 bits per heavy atom. The number of carbonyl (C=O) groups excluding carboxylic acids is 1. The van der Waals surface area contributed by atoms with E-state index >= 15 is 0 Å². The molecule has 1 heterocycles. The van der Waals surface area contributed by atoms with Gasteiger partial charge in [0.15, 0.2) is 0 Å². The Morgan fingerprint density at radius 2 is 2.26 bits per heavy atom. The summed E-state index contributed by atoms with van der Waals surface area (Å²) >= 11 is 3.43. The number of ether oxygens (including phenoxy) is 1. The molecule has 4 nitrogen and oxygen atoms in total. The molecule has 1 aromatic carbocycles. The number of anilines is 1. The van der Waals surface area contributed by atoms with E-state index in [2.05, 4.69) is 26.6 Å². The highest BCUT2D eigenvalue weighted by molar-refractivity contribution is 9.10. The van der Waals surface area contributed by atoms with Gasteiger partial charge in [-0.15, -0.1) is 0 Å². The molecule has 19 heavy (non-hydrogen) atoms. The number of hydrogen-bond acceptors (Lipinski definition) is 3. The summed E-state index contributed by atoms with van der Waals surface area (Å²) in [6.07, 6.45) is 0.858. The number of amides is 1. The minimum Gasteiger partial charge on any atom is -0.495 e. The van der Waals surface area contributed by atoms with Gasteiger partial charge < -0.3 is 15.4 Å². The molecule has 5 heteroatoms. The van der Waals surface area contributed by atoms with Crippen LogP contribution in [0.1, 0.15) is 18.9 Å². The number of hydrogen-bond donors (Lipinski definition) is 2. The SMILES string of the molecule is COc1cc(Br)cc(C)c1NC(=O)C1(C)CCNC1. The van der Waals surface area contributed by atoms with Crippen molar-refractivity contribution in [2.24, 2.45) is 5.41 Å². The molecule has 0 radical (unpaired) electrons. The van der Waals surface area contributed by atoms with Crippen LogP contribution >= 0.6 is 15.9 Å². The predicted molar refractivity (Wildman–Crippen MR) is 79.7 cm³/mol. The third kappa shape index (κ3) is 2.92. The number of nitrogens with one attached hydrogen (secondary N) is 2. The molecular weight excluding hydrogens is 308 g/mol. The van der Waals surface area contributed by atoms with Gasteiger partial charge in [0.05, 0.1) is 18.2 Å². The maximum absolute atomic E-state index is 12.4. The number of aryl methyl sites for hydroxylation is 1. The summed E-state index contributed by atoms with van der Waals surface area (Å²) in [5, 5.41) is 6.25. The van der Waals surface area contributed by atoms with Gasteiger partial charge in [-0.1, -0.05) is 15.9 Å². The summed E-state index contributed by atoms with van der Waals surface area (Å²) in [5.74, 6) is 0.719. The number of methoxy groups -OCH3 is 1. The van der Waals surface area contributed by atoms with Crippen LogP contribution in [0.2, 0.25) is 0 Å². The fourth-order valence-electron chi connectivity index (χ4n) is 2.31. The number of rotatable bonds is 3. The first kappa shape index (κ1) is 14.3. The Bertz CT molecular complexity index is 496. The van der Waals surface area contributed by atoms with E-state index in [9.17, 15) is 4.79 Å². The van der Waals surface area contributed by atoms with E-state index in [1.165, 1.54) is 0 Å². The average molecular weight is 327 g/mol. The zero-order chi connectivity index (χ0) is 14.0. The molecule has 1 amide bonds. The van der Waals surface area contributed by atoms with Crippen molar-refractivity contribution in [2.45, 2.75) is 20.3 Å². The summed E-state index contributed by atoms with van der Waals surface area (Å²) in [6, 6.07) is 3.82. The minimum absolute atomic E-state index is 0.0428. The fraction of sp³-hybridized carbons (Fsp3) is 0.500. The fourth-order valence-corrected chi connectivity index (χ4v) is 2.86. The van der Waals surface area contributed by atoms with Gasteiger partial charge in [0.2, 0.25) is 5.91 Å². The lowest BCUT2D eigenvalue weighted by Gasteiger charge is -2.23. The van der Waals surface area contributed by atoms with Crippen LogP contribution in [0, 0.1) is 12.3 Å². The first-order valence-electron chi connectivity index (χ1n) is 6.32. The van der Waals surface area contributed by atoms with Crippen LogP contribution in [0.15, 0.2) is 16.6 Å². The standard InChI is InChI=1S/C14H19BrN2O2/c1-9-6-10(15)7-11(19-3)12(9)17-13(18)14(2)4-5-16-8-14/h6-7,16H,4-5,8H2,1-3H3,(H,17,18). The lowest BCUT2D eigenvalue weighted by molar-refractivity contribution is -0.123. The van der Waals surface area contributed by atoms with Crippen LogP contribution in [0.25, 0.3) is 0 Å². The summed E-state index contributed by atoms with van der Waals surface area (Å²) < 4.78 is 6.28. The van der Waals surface area contributed by atoms with Gasteiger partial charge >= 0.3 is 0 Å². The van der Waals surface area contributed by atoms with Crippen LogP contribution < -0.4 is 15.4 Å². The first-order chi connectivity index (χ1) is 8.96. The Labute approximate surface area is 122 Å². The Kier molecular flexibility index (Phi) is 4.16. The molecule has 1 saturated heterocycles. The highest BCUT2D eigenvalue weighted by Crippen LogP contribution is 2.34. The molecule has 0 saturated carbocycles. The largest absolute Gasteiger partial charge is 0.495 e. The molecule has 2 rings (SSSR count). The lowest BCUT2D eigenvalue weighted by atomic mass is 9.88. The van der Waals surface area contributed by atoms with Gasteiger partial charge in [0.1, 0.15) is 5.75 Å². The quantitative estimate of drug-likeness (QED) is 0.897. The van der Waals surface area contributed by atoms with Crippen LogP contribution in [0.4, 0.5) is 5.69 Å². The van der Waals surface area contributed by atoms with Gasteiger partial charge in [0.25, 0.3) is 0 Å². The molecule has 0 spiro atoms. The van der Waals surface area contributed by atoms with Crippen molar-refractivity contribution in [1.29, 1.82) is 0 Å². The van der Waals surface area contributed by atoms with Gasteiger partial charge in [-0.2, -0.15) is 0 Å². The number of carbonyl (C=O) groups is 1. The van der Waals surface area contributed by atoms with Crippen molar-refractivity contribution in [2.75, 3.05) is 25.5 Å². The van der Waals surface area contributed by atoms with Crippen molar-refractivity contribution < 1.29 is 9.53 Å². The lowest BCUT2D eigenvalue weighted by Crippen LogP contribution is -2.35. The van der Waals surface area contributed by atoms with E-state index in [0.717, 1.165) is 35.2 Å². The van der Waals surface area contributed by atoms with E-state index in [1.54, 1.807) is 7.11 Å².